The Morgan fingerprint density at radius 2 is 1.85 bits per heavy atom. The lowest BCUT2D eigenvalue weighted by Crippen LogP contribution is -2.35. The Bertz CT molecular complexity index is 889. The number of aromatic nitrogens is 2. The van der Waals surface area contributed by atoms with Gasteiger partial charge in [-0.25, -0.2) is 12.7 Å². The first-order valence-corrected chi connectivity index (χ1v) is 10.4. The highest BCUT2D eigenvalue weighted by Crippen LogP contribution is 2.21. The van der Waals surface area contributed by atoms with E-state index in [9.17, 15) is 13.2 Å². The first kappa shape index (κ1) is 21.1. The summed E-state index contributed by atoms with van der Waals surface area (Å²) in [5, 5.41) is 7.21. The summed E-state index contributed by atoms with van der Waals surface area (Å²) < 4.78 is 27.5. The minimum atomic E-state index is -3.60. The normalized spacial score (nSPS) is 13.0. The zero-order valence-electron chi connectivity index (χ0n) is 16.6. The average Bonchev–Trinajstić information content (AvgIpc) is 2.87. The highest BCUT2D eigenvalue weighted by atomic mass is 32.2. The first-order valence-electron chi connectivity index (χ1n) is 8.92. The van der Waals surface area contributed by atoms with Gasteiger partial charge in [-0.15, -0.1) is 0 Å². The number of rotatable bonds is 8. The molecule has 1 N–H and O–H groups in total. The van der Waals surface area contributed by atoms with Crippen molar-refractivity contribution in [3.05, 3.63) is 47.3 Å². The molecule has 0 aliphatic heterocycles. The van der Waals surface area contributed by atoms with Gasteiger partial charge in [-0.1, -0.05) is 30.3 Å². The van der Waals surface area contributed by atoms with Crippen molar-refractivity contribution < 1.29 is 13.2 Å². The number of amides is 1. The lowest BCUT2D eigenvalue weighted by Gasteiger charge is -2.15. The zero-order valence-corrected chi connectivity index (χ0v) is 17.4. The summed E-state index contributed by atoms with van der Waals surface area (Å²) in [6, 6.07) is 10.1. The van der Waals surface area contributed by atoms with E-state index in [-0.39, 0.29) is 23.4 Å². The van der Waals surface area contributed by atoms with Gasteiger partial charge >= 0.3 is 0 Å². The van der Waals surface area contributed by atoms with E-state index in [0.29, 0.717) is 11.4 Å². The number of hydrogen-bond donors (Lipinski definition) is 1. The fourth-order valence-electron chi connectivity index (χ4n) is 2.95. The quantitative estimate of drug-likeness (QED) is 0.743. The van der Waals surface area contributed by atoms with Gasteiger partial charge in [-0.05, 0) is 39.2 Å². The minimum Gasteiger partial charge on any atom is -0.352 e. The van der Waals surface area contributed by atoms with Crippen LogP contribution in [0.5, 0.6) is 0 Å². The molecule has 1 amide bonds. The maximum atomic E-state index is 12.4. The van der Waals surface area contributed by atoms with Crippen LogP contribution < -0.4 is 5.32 Å². The molecule has 2 aromatic rings. The van der Waals surface area contributed by atoms with E-state index in [4.69, 9.17) is 0 Å². The molecule has 148 valence electrons. The molecule has 1 heterocycles. The predicted octanol–water partition coefficient (Wildman–Crippen LogP) is 1.89. The van der Waals surface area contributed by atoms with Gasteiger partial charge in [0, 0.05) is 20.1 Å². The SMILES string of the molecule is Cc1nn(CC(=O)N[C@@H](C)CCc2ccccc2)c(C)c1S(=O)(=O)N(C)C. The Morgan fingerprint density at radius 3 is 2.44 bits per heavy atom. The predicted molar refractivity (Wildman–Crippen MR) is 105 cm³/mol. The molecule has 0 unspecified atom stereocenters. The van der Waals surface area contributed by atoms with Gasteiger partial charge in [0.2, 0.25) is 15.9 Å². The summed E-state index contributed by atoms with van der Waals surface area (Å²) in [4.78, 5) is 12.5. The average molecular weight is 393 g/mol. The number of sulfonamides is 1. The number of carbonyl (C=O) groups is 1. The van der Waals surface area contributed by atoms with Crippen LogP contribution in [-0.4, -0.2) is 48.5 Å². The van der Waals surface area contributed by atoms with Gasteiger partial charge in [0.05, 0.1) is 11.4 Å². The van der Waals surface area contributed by atoms with E-state index < -0.39 is 10.0 Å². The summed E-state index contributed by atoms with van der Waals surface area (Å²) in [5.74, 6) is -0.185. The molecular formula is C19H28N4O3S. The monoisotopic (exact) mass is 392 g/mol. The number of nitrogens with one attached hydrogen (secondary N) is 1. The maximum absolute atomic E-state index is 12.4. The van der Waals surface area contributed by atoms with Crippen molar-refractivity contribution in [1.82, 2.24) is 19.4 Å². The third-order valence-electron chi connectivity index (χ3n) is 4.46. The van der Waals surface area contributed by atoms with Crippen molar-refractivity contribution in [2.75, 3.05) is 14.1 Å². The standard InChI is InChI=1S/C19H28N4O3S/c1-14(11-12-17-9-7-6-8-10-17)20-18(24)13-23-16(3)19(15(2)21-23)27(25,26)22(4)5/h6-10,14H,11-13H2,1-5H3,(H,20,24)/t14-/m0/s1. The molecule has 2 rings (SSSR count). The molecule has 8 heteroatoms. The molecule has 27 heavy (non-hydrogen) atoms. The van der Waals surface area contributed by atoms with Crippen LogP contribution in [-0.2, 0) is 27.8 Å². The zero-order chi connectivity index (χ0) is 20.2. The molecule has 0 spiro atoms. The van der Waals surface area contributed by atoms with Crippen LogP contribution in [0.15, 0.2) is 35.2 Å². The van der Waals surface area contributed by atoms with Crippen LogP contribution in [0.4, 0.5) is 0 Å². The van der Waals surface area contributed by atoms with E-state index in [1.807, 2.05) is 25.1 Å². The Kier molecular flexibility index (Phi) is 6.78. The van der Waals surface area contributed by atoms with E-state index in [1.165, 1.54) is 24.3 Å². The largest absolute Gasteiger partial charge is 0.352 e. The van der Waals surface area contributed by atoms with Crippen molar-refractivity contribution in [2.45, 2.75) is 51.1 Å². The van der Waals surface area contributed by atoms with Crippen molar-refractivity contribution in [3.8, 4) is 0 Å². The smallest absolute Gasteiger partial charge is 0.246 e. The Labute approximate surface area is 161 Å². The van der Waals surface area contributed by atoms with Gasteiger partial charge in [0.15, 0.2) is 0 Å². The summed E-state index contributed by atoms with van der Waals surface area (Å²) in [5.41, 5.74) is 2.09. The van der Waals surface area contributed by atoms with Crippen molar-refractivity contribution >= 4 is 15.9 Å². The van der Waals surface area contributed by atoms with Crippen LogP contribution in [0.1, 0.15) is 30.3 Å². The second kappa shape index (κ2) is 8.67. The molecule has 0 fully saturated rings. The minimum absolute atomic E-state index is 0.00863. The van der Waals surface area contributed by atoms with E-state index in [2.05, 4.69) is 22.5 Å². The Morgan fingerprint density at radius 1 is 1.22 bits per heavy atom. The summed E-state index contributed by atoms with van der Waals surface area (Å²) >= 11 is 0. The fraction of sp³-hybridized carbons (Fsp3) is 0.474. The fourth-order valence-corrected chi connectivity index (χ4v) is 4.20. The molecule has 1 aromatic carbocycles. The molecule has 1 aromatic heterocycles. The van der Waals surface area contributed by atoms with Crippen LogP contribution in [0.2, 0.25) is 0 Å². The third kappa shape index (κ3) is 5.17. The van der Waals surface area contributed by atoms with Gasteiger partial charge in [-0.3, -0.25) is 9.48 Å². The van der Waals surface area contributed by atoms with Crippen LogP contribution in [0.3, 0.4) is 0 Å². The third-order valence-corrected chi connectivity index (χ3v) is 6.53. The Balaban J connectivity index is 2.00. The van der Waals surface area contributed by atoms with Crippen molar-refractivity contribution in [3.63, 3.8) is 0 Å². The van der Waals surface area contributed by atoms with Crippen LogP contribution in [0, 0.1) is 13.8 Å². The lowest BCUT2D eigenvalue weighted by atomic mass is 10.1. The molecule has 0 aliphatic rings. The molecule has 0 bridgehead atoms. The Hall–Kier alpha value is -2.19. The summed E-state index contributed by atoms with van der Waals surface area (Å²) in [6.07, 6.45) is 1.71. The van der Waals surface area contributed by atoms with Gasteiger partial charge < -0.3 is 5.32 Å². The number of aryl methyl sites for hydroxylation is 2. The molecule has 0 saturated carbocycles. The molecule has 0 saturated heterocycles. The van der Waals surface area contributed by atoms with E-state index in [1.54, 1.807) is 13.8 Å². The summed E-state index contributed by atoms with van der Waals surface area (Å²) in [6.45, 7) is 5.26. The van der Waals surface area contributed by atoms with Crippen molar-refractivity contribution in [1.29, 1.82) is 0 Å². The number of benzene rings is 1. The van der Waals surface area contributed by atoms with Crippen LogP contribution in [0.25, 0.3) is 0 Å². The van der Waals surface area contributed by atoms with E-state index >= 15 is 0 Å². The van der Waals surface area contributed by atoms with Crippen LogP contribution >= 0.6 is 0 Å². The topological polar surface area (TPSA) is 84.3 Å². The molecular weight excluding hydrogens is 364 g/mol. The van der Waals surface area contributed by atoms with Gasteiger partial charge in [0.25, 0.3) is 0 Å². The maximum Gasteiger partial charge on any atom is 0.246 e. The molecule has 7 nitrogen and oxygen atoms in total. The second-order valence-corrected chi connectivity index (χ2v) is 9.03. The van der Waals surface area contributed by atoms with E-state index in [0.717, 1.165) is 17.1 Å². The lowest BCUT2D eigenvalue weighted by molar-refractivity contribution is -0.122. The second-order valence-electron chi connectivity index (χ2n) is 6.94. The molecule has 1 atom stereocenters. The summed E-state index contributed by atoms with van der Waals surface area (Å²) in [7, 11) is -0.640. The number of hydrogen-bond acceptors (Lipinski definition) is 4. The molecule has 0 aliphatic carbocycles. The highest BCUT2D eigenvalue weighted by molar-refractivity contribution is 7.89. The van der Waals surface area contributed by atoms with Crippen molar-refractivity contribution in [2.24, 2.45) is 0 Å². The molecule has 0 radical (unpaired) electrons. The van der Waals surface area contributed by atoms with Gasteiger partial charge in [-0.2, -0.15) is 5.10 Å². The van der Waals surface area contributed by atoms with Gasteiger partial charge in [0.1, 0.15) is 11.4 Å². The first-order chi connectivity index (χ1) is 12.6. The highest BCUT2D eigenvalue weighted by Gasteiger charge is 2.27. The number of nitrogens with zero attached hydrogens (tertiary/aromatic N) is 3. The number of carbonyl (C=O) groups excluding carboxylic acids is 1.